The van der Waals surface area contributed by atoms with Gasteiger partial charge in [0.05, 0.1) is 13.0 Å². The molecule has 1 rings (SSSR count). The number of methoxy groups -OCH3 is 1. The number of hydrogen-bond acceptors (Lipinski definition) is 3. The lowest BCUT2D eigenvalue weighted by Gasteiger charge is -2.27. The van der Waals surface area contributed by atoms with E-state index in [0.717, 1.165) is 18.7 Å². The largest absolute Gasteiger partial charge is 0.481 e. The van der Waals surface area contributed by atoms with Crippen LogP contribution in [0.5, 0.6) is 0 Å². The first-order valence-electron chi connectivity index (χ1n) is 6.60. The van der Waals surface area contributed by atoms with E-state index in [9.17, 15) is 4.79 Å². The number of carboxylic acid groups (broad SMARTS) is 1. The molecule has 19 heavy (non-hydrogen) atoms. The van der Waals surface area contributed by atoms with Crippen molar-refractivity contribution in [2.24, 2.45) is 0 Å². The van der Waals surface area contributed by atoms with Gasteiger partial charge >= 0.3 is 5.97 Å². The molecular weight excluding hydrogens is 242 g/mol. The quantitative estimate of drug-likeness (QED) is 0.784. The SMILES string of the molecule is CCN(Cc1ccccc1COC)C(C)CC(=O)O. The van der Waals surface area contributed by atoms with Gasteiger partial charge in [-0.1, -0.05) is 31.2 Å². The van der Waals surface area contributed by atoms with Gasteiger partial charge in [-0.05, 0) is 24.6 Å². The number of ether oxygens (including phenoxy) is 1. The molecule has 4 nitrogen and oxygen atoms in total. The molecule has 0 fully saturated rings. The van der Waals surface area contributed by atoms with Crippen LogP contribution in [0.3, 0.4) is 0 Å². The van der Waals surface area contributed by atoms with Gasteiger partial charge < -0.3 is 9.84 Å². The van der Waals surface area contributed by atoms with Crippen LogP contribution in [0.25, 0.3) is 0 Å². The van der Waals surface area contributed by atoms with Gasteiger partial charge in [0.25, 0.3) is 0 Å². The fraction of sp³-hybridized carbons (Fsp3) is 0.533. The first kappa shape index (κ1) is 15.7. The van der Waals surface area contributed by atoms with E-state index >= 15 is 0 Å². The van der Waals surface area contributed by atoms with E-state index in [1.807, 2.05) is 19.1 Å². The third-order valence-electron chi connectivity index (χ3n) is 3.29. The summed E-state index contributed by atoms with van der Waals surface area (Å²) in [5.41, 5.74) is 2.36. The number of hydrogen-bond donors (Lipinski definition) is 1. The van der Waals surface area contributed by atoms with E-state index in [4.69, 9.17) is 9.84 Å². The maximum Gasteiger partial charge on any atom is 0.304 e. The van der Waals surface area contributed by atoms with Crippen molar-refractivity contribution < 1.29 is 14.6 Å². The topological polar surface area (TPSA) is 49.8 Å². The van der Waals surface area contributed by atoms with Gasteiger partial charge in [-0.3, -0.25) is 9.69 Å². The van der Waals surface area contributed by atoms with Crippen LogP contribution in [0.2, 0.25) is 0 Å². The third kappa shape index (κ3) is 5.01. The zero-order chi connectivity index (χ0) is 14.3. The minimum Gasteiger partial charge on any atom is -0.481 e. The van der Waals surface area contributed by atoms with Crippen LogP contribution in [-0.2, 0) is 22.7 Å². The zero-order valence-corrected chi connectivity index (χ0v) is 11.9. The first-order chi connectivity index (χ1) is 9.08. The van der Waals surface area contributed by atoms with Crippen molar-refractivity contribution in [3.8, 4) is 0 Å². The minimum absolute atomic E-state index is 0.0260. The second-order valence-electron chi connectivity index (χ2n) is 4.71. The van der Waals surface area contributed by atoms with Crippen LogP contribution in [0.15, 0.2) is 24.3 Å². The maximum atomic E-state index is 10.8. The minimum atomic E-state index is -0.754. The predicted molar refractivity (Wildman–Crippen MR) is 75.0 cm³/mol. The molecule has 0 aliphatic heterocycles. The molecule has 0 radical (unpaired) electrons. The molecule has 1 aromatic rings. The zero-order valence-electron chi connectivity index (χ0n) is 11.9. The molecule has 0 saturated carbocycles. The summed E-state index contributed by atoms with van der Waals surface area (Å²) in [5.74, 6) is -0.754. The van der Waals surface area contributed by atoms with E-state index in [0.29, 0.717) is 6.61 Å². The highest BCUT2D eigenvalue weighted by Crippen LogP contribution is 2.15. The van der Waals surface area contributed by atoms with Gasteiger partial charge in [0.1, 0.15) is 0 Å². The molecule has 0 aliphatic carbocycles. The Morgan fingerprint density at radius 2 is 2.00 bits per heavy atom. The molecule has 106 valence electrons. The molecule has 0 amide bonds. The Labute approximate surface area is 115 Å². The third-order valence-corrected chi connectivity index (χ3v) is 3.29. The number of rotatable bonds is 8. The Balaban J connectivity index is 2.77. The summed E-state index contributed by atoms with van der Waals surface area (Å²) in [6, 6.07) is 8.15. The van der Waals surface area contributed by atoms with Crippen LogP contribution in [0.1, 0.15) is 31.4 Å². The van der Waals surface area contributed by atoms with Crippen molar-refractivity contribution in [1.29, 1.82) is 0 Å². The molecule has 1 atom stereocenters. The van der Waals surface area contributed by atoms with Crippen molar-refractivity contribution in [1.82, 2.24) is 4.90 Å². The van der Waals surface area contributed by atoms with Crippen molar-refractivity contribution in [2.45, 2.75) is 39.5 Å². The molecule has 0 saturated heterocycles. The second-order valence-corrected chi connectivity index (χ2v) is 4.71. The van der Waals surface area contributed by atoms with Crippen molar-refractivity contribution in [2.75, 3.05) is 13.7 Å². The van der Waals surface area contributed by atoms with Crippen LogP contribution in [0.4, 0.5) is 0 Å². The lowest BCUT2D eigenvalue weighted by Crippen LogP contribution is -2.34. The molecule has 0 aliphatic rings. The van der Waals surface area contributed by atoms with Gasteiger partial charge in [0.2, 0.25) is 0 Å². The highest BCUT2D eigenvalue weighted by molar-refractivity contribution is 5.67. The number of aliphatic carboxylic acids is 1. The van der Waals surface area contributed by atoms with Crippen LogP contribution >= 0.6 is 0 Å². The summed E-state index contributed by atoms with van der Waals surface area (Å²) < 4.78 is 5.20. The molecule has 0 spiro atoms. The fourth-order valence-corrected chi connectivity index (χ4v) is 2.19. The summed E-state index contributed by atoms with van der Waals surface area (Å²) in [7, 11) is 1.68. The van der Waals surface area contributed by atoms with Gasteiger partial charge in [0, 0.05) is 19.7 Å². The van der Waals surface area contributed by atoms with E-state index < -0.39 is 5.97 Å². The Morgan fingerprint density at radius 1 is 1.37 bits per heavy atom. The number of benzene rings is 1. The smallest absolute Gasteiger partial charge is 0.304 e. The summed E-state index contributed by atoms with van der Waals surface area (Å²) in [6.07, 6.45) is 0.167. The lowest BCUT2D eigenvalue weighted by atomic mass is 10.1. The van der Waals surface area contributed by atoms with Crippen molar-refractivity contribution >= 4 is 5.97 Å². The van der Waals surface area contributed by atoms with Crippen molar-refractivity contribution in [3.63, 3.8) is 0 Å². The molecule has 0 heterocycles. The van der Waals surface area contributed by atoms with Gasteiger partial charge in [-0.15, -0.1) is 0 Å². The average Bonchev–Trinajstić information content (AvgIpc) is 2.37. The van der Waals surface area contributed by atoms with E-state index in [1.165, 1.54) is 5.56 Å². The second kappa shape index (κ2) is 7.92. The molecule has 1 N–H and O–H groups in total. The molecule has 0 bridgehead atoms. The highest BCUT2D eigenvalue weighted by Gasteiger charge is 2.16. The number of nitrogens with zero attached hydrogens (tertiary/aromatic N) is 1. The first-order valence-corrected chi connectivity index (χ1v) is 6.60. The Bertz CT molecular complexity index is 406. The average molecular weight is 265 g/mol. The lowest BCUT2D eigenvalue weighted by molar-refractivity contribution is -0.138. The molecular formula is C15H23NO3. The number of carbonyl (C=O) groups is 1. The van der Waals surface area contributed by atoms with Gasteiger partial charge in [0.15, 0.2) is 0 Å². The fourth-order valence-electron chi connectivity index (χ4n) is 2.19. The van der Waals surface area contributed by atoms with Crippen LogP contribution in [0, 0.1) is 0 Å². The standard InChI is InChI=1S/C15H23NO3/c1-4-16(12(2)9-15(17)18)10-13-7-5-6-8-14(13)11-19-3/h5-8,12H,4,9-11H2,1-3H3,(H,17,18). The molecule has 0 aromatic heterocycles. The summed E-state index contributed by atoms with van der Waals surface area (Å²) in [6.45, 7) is 6.18. The summed E-state index contributed by atoms with van der Waals surface area (Å²) in [5, 5.41) is 8.89. The molecule has 4 heteroatoms. The van der Waals surface area contributed by atoms with E-state index in [2.05, 4.69) is 24.0 Å². The van der Waals surface area contributed by atoms with Gasteiger partial charge in [-0.2, -0.15) is 0 Å². The van der Waals surface area contributed by atoms with E-state index in [1.54, 1.807) is 7.11 Å². The summed E-state index contributed by atoms with van der Waals surface area (Å²) in [4.78, 5) is 13.0. The molecule has 1 unspecified atom stereocenters. The van der Waals surface area contributed by atoms with Crippen molar-refractivity contribution in [3.05, 3.63) is 35.4 Å². The number of carboxylic acids is 1. The van der Waals surface area contributed by atoms with Crippen LogP contribution in [-0.4, -0.2) is 35.7 Å². The molecule has 1 aromatic carbocycles. The van der Waals surface area contributed by atoms with E-state index in [-0.39, 0.29) is 12.5 Å². The monoisotopic (exact) mass is 265 g/mol. The normalized spacial score (nSPS) is 12.6. The Kier molecular flexibility index (Phi) is 6.53. The van der Waals surface area contributed by atoms with Gasteiger partial charge in [-0.25, -0.2) is 0 Å². The van der Waals surface area contributed by atoms with Crippen LogP contribution < -0.4 is 0 Å². The summed E-state index contributed by atoms with van der Waals surface area (Å²) >= 11 is 0. The predicted octanol–water partition coefficient (Wildman–Crippen LogP) is 2.52. The highest BCUT2D eigenvalue weighted by atomic mass is 16.5. The Hall–Kier alpha value is -1.39. The maximum absolute atomic E-state index is 10.8. The Morgan fingerprint density at radius 3 is 2.53 bits per heavy atom.